The SMILES string of the molecule is Cc1nc(CCNC(=O)[C@H]2CC(=O)OC23CCCC3)cc(=O)[nH]1. The molecule has 7 heteroatoms. The summed E-state index contributed by atoms with van der Waals surface area (Å²) in [6, 6.07) is 1.43. The summed E-state index contributed by atoms with van der Waals surface area (Å²) in [5, 5.41) is 2.86. The van der Waals surface area contributed by atoms with Gasteiger partial charge in [0.1, 0.15) is 11.4 Å². The molecular weight excluding hydrogens is 298 g/mol. The number of aromatic amines is 1. The summed E-state index contributed by atoms with van der Waals surface area (Å²) in [6.45, 7) is 2.10. The van der Waals surface area contributed by atoms with Gasteiger partial charge in [0, 0.05) is 24.7 Å². The molecule has 3 rings (SSSR count). The second-order valence-corrected chi connectivity index (χ2v) is 6.37. The third-order valence-electron chi connectivity index (χ3n) is 4.68. The number of nitrogens with zero attached hydrogens (tertiary/aromatic N) is 1. The lowest BCUT2D eigenvalue weighted by Crippen LogP contribution is -2.43. The molecule has 0 aromatic carbocycles. The maximum atomic E-state index is 12.4. The highest BCUT2D eigenvalue weighted by atomic mass is 16.6. The molecular formula is C16H21N3O4. The van der Waals surface area contributed by atoms with Crippen LogP contribution in [0.2, 0.25) is 0 Å². The molecule has 1 aromatic heterocycles. The number of carbonyl (C=O) groups excluding carboxylic acids is 2. The maximum absolute atomic E-state index is 12.4. The lowest BCUT2D eigenvalue weighted by atomic mass is 9.85. The van der Waals surface area contributed by atoms with E-state index in [0.717, 1.165) is 25.7 Å². The van der Waals surface area contributed by atoms with Gasteiger partial charge in [-0.1, -0.05) is 0 Å². The predicted octanol–water partition coefficient (Wildman–Crippen LogP) is 0.613. The number of hydrogen-bond donors (Lipinski definition) is 2. The highest BCUT2D eigenvalue weighted by Crippen LogP contribution is 2.45. The van der Waals surface area contributed by atoms with Crippen LogP contribution in [-0.2, 0) is 20.7 Å². The van der Waals surface area contributed by atoms with Crippen molar-refractivity contribution >= 4 is 11.9 Å². The molecule has 124 valence electrons. The van der Waals surface area contributed by atoms with Gasteiger partial charge in [0.05, 0.1) is 12.3 Å². The minimum absolute atomic E-state index is 0.140. The van der Waals surface area contributed by atoms with E-state index in [1.165, 1.54) is 6.07 Å². The van der Waals surface area contributed by atoms with Gasteiger partial charge in [-0.15, -0.1) is 0 Å². The molecule has 2 aliphatic rings. The van der Waals surface area contributed by atoms with Gasteiger partial charge in [-0.2, -0.15) is 0 Å². The molecule has 0 bridgehead atoms. The highest BCUT2D eigenvalue weighted by Gasteiger charge is 2.53. The Kier molecular flexibility index (Phi) is 4.19. The van der Waals surface area contributed by atoms with Crippen molar-refractivity contribution in [3.8, 4) is 0 Å². The van der Waals surface area contributed by atoms with Crippen LogP contribution < -0.4 is 10.9 Å². The fourth-order valence-corrected chi connectivity index (χ4v) is 3.65. The predicted molar refractivity (Wildman–Crippen MR) is 81.7 cm³/mol. The second-order valence-electron chi connectivity index (χ2n) is 6.37. The highest BCUT2D eigenvalue weighted by molar-refractivity contribution is 5.87. The van der Waals surface area contributed by atoms with Crippen LogP contribution in [0.3, 0.4) is 0 Å². The van der Waals surface area contributed by atoms with Gasteiger partial charge in [-0.05, 0) is 32.6 Å². The van der Waals surface area contributed by atoms with Crippen LogP contribution in [0.25, 0.3) is 0 Å². The zero-order valence-corrected chi connectivity index (χ0v) is 13.2. The van der Waals surface area contributed by atoms with Gasteiger partial charge in [0.15, 0.2) is 0 Å². The molecule has 1 spiro atoms. The molecule has 2 fully saturated rings. The number of ether oxygens (including phenoxy) is 1. The smallest absolute Gasteiger partial charge is 0.307 e. The second kappa shape index (κ2) is 6.14. The monoisotopic (exact) mass is 319 g/mol. The molecule has 1 amide bonds. The van der Waals surface area contributed by atoms with Gasteiger partial charge in [0.2, 0.25) is 5.91 Å². The zero-order valence-electron chi connectivity index (χ0n) is 13.2. The Balaban J connectivity index is 1.58. The van der Waals surface area contributed by atoms with Gasteiger partial charge in [0.25, 0.3) is 5.56 Å². The number of aryl methyl sites for hydroxylation is 1. The summed E-state index contributed by atoms with van der Waals surface area (Å²) in [5.41, 5.74) is -0.140. The van der Waals surface area contributed by atoms with E-state index in [9.17, 15) is 14.4 Å². The number of aromatic nitrogens is 2. The lowest BCUT2D eigenvalue weighted by molar-refractivity contribution is -0.149. The van der Waals surface area contributed by atoms with E-state index < -0.39 is 11.5 Å². The van der Waals surface area contributed by atoms with Crippen molar-refractivity contribution in [2.75, 3.05) is 6.54 Å². The van der Waals surface area contributed by atoms with Crippen LogP contribution in [-0.4, -0.2) is 34.0 Å². The Hall–Kier alpha value is -2.18. The Labute approximate surface area is 133 Å². The number of H-pyrrole nitrogens is 1. The number of rotatable bonds is 4. The quantitative estimate of drug-likeness (QED) is 0.792. The standard InChI is InChI=1S/C16H21N3O4/c1-10-18-11(8-13(20)19-10)4-7-17-15(22)12-9-14(21)23-16(12)5-2-3-6-16/h8,12H,2-7,9H2,1H3,(H,17,22)(H,18,19,20)/t12-/m1/s1. The van der Waals surface area contributed by atoms with Crippen molar-refractivity contribution in [1.29, 1.82) is 0 Å². The van der Waals surface area contributed by atoms with Crippen molar-refractivity contribution in [2.24, 2.45) is 5.92 Å². The van der Waals surface area contributed by atoms with Gasteiger partial charge < -0.3 is 15.0 Å². The van der Waals surface area contributed by atoms with E-state index in [1.54, 1.807) is 6.92 Å². The molecule has 0 radical (unpaired) electrons. The zero-order chi connectivity index (χ0) is 16.4. The molecule has 2 heterocycles. The van der Waals surface area contributed by atoms with E-state index >= 15 is 0 Å². The molecule has 1 aliphatic carbocycles. The van der Waals surface area contributed by atoms with Crippen LogP contribution in [0.15, 0.2) is 10.9 Å². The number of hydrogen-bond acceptors (Lipinski definition) is 5. The van der Waals surface area contributed by atoms with Crippen molar-refractivity contribution in [1.82, 2.24) is 15.3 Å². The average molecular weight is 319 g/mol. The average Bonchev–Trinajstić information content (AvgIpc) is 3.05. The van der Waals surface area contributed by atoms with E-state index in [1.807, 2.05) is 0 Å². The van der Waals surface area contributed by atoms with Crippen LogP contribution in [0.5, 0.6) is 0 Å². The Morgan fingerprint density at radius 3 is 2.87 bits per heavy atom. The third kappa shape index (κ3) is 3.28. The molecule has 1 aromatic rings. The first-order chi connectivity index (χ1) is 11.0. The summed E-state index contributed by atoms with van der Waals surface area (Å²) in [4.78, 5) is 42.3. The Bertz CT molecular complexity index is 676. The largest absolute Gasteiger partial charge is 0.458 e. The fourth-order valence-electron chi connectivity index (χ4n) is 3.65. The van der Waals surface area contributed by atoms with Gasteiger partial charge in [-0.3, -0.25) is 14.4 Å². The van der Waals surface area contributed by atoms with Crippen LogP contribution in [0.4, 0.5) is 0 Å². The minimum atomic E-state index is -0.583. The fraction of sp³-hybridized carbons (Fsp3) is 0.625. The van der Waals surface area contributed by atoms with E-state index in [4.69, 9.17) is 4.74 Å². The topological polar surface area (TPSA) is 101 Å². The molecule has 2 N–H and O–H groups in total. The number of esters is 1. The first-order valence-electron chi connectivity index (χ1n) is 8.05. The lowest BCUT2D eigenvalue weighted by Gasteiger charge is -2.27. The van der Waals surface area contributed by atoms with Crippen LogP contribution in [0, 0.1) is 12.8 Å². The van der Waals surface area contributed by atoms with Crippen molar-refractivity contribution in [3.05, 3.63) is 27.9 Å². The third-order valence-corrected chi connectivity index (χ3v) is 4.68. The number of amides is 1. The van der Waals surface area contributed by atoms with Crippen molar-refractivity contribution < 1.29 is 14.3 Å². The van der Waals surface area contributed by atoms with Crippen molar-refractivity contribution in [3.63, 3.8) is 0 Å². The van der Waals surface area contributed by atoms with Crippen molar-refractivity contribution in [2.45, 2.75) is 51.0 Å². The Morgan fingerprint density at radius 1 is 1.43 bits per heavy atom. The molecule has 7 nitrogen and oxygen atoms in total. The summed E-state index contributed by atoms with van der Waals surface area (Å²) >= 11 is 0. The normalized spacial score (nSPS) is 22.3. The molecule has 23 heavy (non-hydrogen) atoms. The summed E-state index contributed by atoms with van der Waals surface area (Å²) in [6.07, 6.45) is 4.16. The van der Waals surface area contributed by atoms with Gasteiger partial charge >= 0.3 is 5.97 Å². The number of nitrogens with one attached hydrogen (secondary N) is 2. The molecule has 1 saturated carbocycles. The molecule has 1 aliphatic heterocycles. The van der Waals surface area contributed by atoms with Crippen LogP contribution >= 0.6 is 0 Å². The van der Waals surface area contributed by atoms with Crippen LogP contribution in [0.1, 0.15) is 43.6 Å². The van der Waals surface area contributed by atoms with E-state index in [-0.39, 0.29) is 23.9 Å². The number of carbonyl (C=O) groups is 2. The molecule has 1 atom stereocenters. The molecule has 0 unspecified atom stereocenters. The van der Waals surface area contributed by atoms with Gasteiger partial charge in [-0.25, -0.2) is 4.98 Å². The molecule has 1 saturated heterocycles. The van der Waals surface area contributed by atoms with E-state index in [2.05, 4.69) is 15.3 Å². The summed E-state index contributed by atoms with van der Waals surface area (Å²) in [5.74, 6) is -0.261. The maximum Gasteiger partial charge on any atom is 0.307 e. The first-order valence-corrected chi connectivity index (χ1v) is 8.05. The summed E-state index contributed by atoms with van der Waals surface area (Å²) < 4.78 is 5.48. The van der Waals surface area contributed by atoms with E-state index in [0.29, 0.717) is 24.5 Å². The minimum Gasteiger partial charge on any atom is -0.458 e. The first kappa shape index (κ1) is 15.7. The Morgan fingerprint density at radius 2 is 2.17 bits per heavy atom. The summed E-state index contributed by atoms with van der Waals surface area (Å²) in [7, 11) is 0.